The van der Waals surface area contributed by atoms with Crippen molar-refractivity contribution in [2.75, 3.05) is 56.2 Å². The Kier molecular flexibility index (Phi) is 6.78. The van der Waals surface area contributed by atoms with Gasteiger partial charge in [-0.3, -0.25) is 4.79 Å². The Morgan fingerprint density at radius 2 is 1.77 bits per heavy atom. The molecule has 166 valence electrons. The van der Waals surface area contributed by atoms with Crippen LogP contribution in [0.4, 0.5) is 11.4 Å². The van der Waals surface area contributed by atoms with Crippen LogP contribution in [0.15, 0.2) is 42.5 Å². The second kappa shape index (κ2) is 9.71. The zero-order chi connectivity index (χ0) is 21.8. The van der Waals surface area contributed by atoms with E-state index in [0.29, 0.717) is 18.7 Å². The summed E-state index contributed by atoms with van der Waals surface area (Å²) in [5.41, 5.74) is 3.90. The van der Waals surface area contributed by atoms with E-state index in [-0.39, 0.29) is 12.5 Å². The van der Waals surface area contributed by atoms with Crippen molar-refractivity contribution in [3.63, 3.8) is 0 Å². The Bertz CT molecular complexity index is 899. The van der Waals surface area contributed by atoms with Gasteiger partial charge >= 0.3 is 0 Å². The molecule has 31 heavy (non-hydrogen) atoms. The summed E-state index contributed by atoms with van der Waals surface area (Å²) >= 11 is 0. The number of nitrogens with zero attached hydrogens (tertiary/aromatic N) is 3. The van der Waals surface area contributed by atoms with Gasteiger partial charge in [-0.25, -0.2) is 0 Å². The van der Waals surface area contributed by atoms with Crippen LogP contribution < -0.4 is 14.5 Å². The molecule has 2 aromatic rings. The number of amides is 1. The number of benzene rings is 2. The molecule has 0 aromatic heterocycles. The van der Waals surface area contributed by atoms with Crippen molar-refractivity contribution >= 4 is 17.3 Å². The molecular formula is C25H33N3O3. The second-order valence-electron chi connectivity index (χ2n) is 8.56. The van der Waals surface area contributed by atoms with Crippen LogP contribution in [0.3, 0.4) is 0 Å². The monoisotopic (exact) mass is 423 g/mol. The number of aliphatic hydroxyl groups is 1. The molecular weight excluding hydrogens is 390 g/mol. The van der Waals surface area contributed by atoms with Gasteiger partial charge in [0.15, 0.2) is 0 Å². The van der Waals surface area contributed by atoms with Gasteiger partial charge in [-0.15, -0.1) is 0 Å². The van der Waals surface area contributed by atoms with Gasteiger partial charge in [-0.05, 0) is 80.9 Å². The van der Waals surface area contributed by atoms with E-state index in [4.69, 9.17) is 4.74 Å². The zero-order valence-electron chi connectivity index (χ0n) is 18.6. The highest BCUT2D eigenvalue weighted by atomic mass is 16.5. The Morgan fingerprint density at radius 3 is 2.55 bits per heavy atom. The molecule has 0 aliphatic carbocycles. The van der Waals surface area contributed by atoms with Crippen molar-refractivity contribution in [2.45, 2.75) is 32.3 Å². The highest BCUT2D eigenvalue weighted by molar-refractivity contribution is 6.08. The maximum absolute atomic E-state index is 13.1. The van der Waals surface area contributed by atoms with E-state index >= 15 is 0 Å². The number of aliphatic hydroxyl groups excluding tert-OH is 1. The first-order valence-electron chi connectivity index (χ1n) is 11.3. The lowest BCUT2D eigenvalue weighted by Gasteiger charge is -2.30. The zero-order valence-corrected chi connectivity index (χ0v) is 18.6. The summed E-state index contributed by atoms with van der Waals surface area (Å²) in [6.45, 7) is 7.17. The third kappa shape index (κ3) is 5.02. The van der Waals surface area contributed by atoms with Crippen LogP contribution in [-0.2, 0) is 6.42 Å². The van der Waals surface area contributed by atoms with Gasteiger partial charge in [-0.1, -0.05) is 6.92 Å². The minimum absolute atomic E-state index is 0.0329. The maximum Gasteiger partial charge on any atom is 0.258 e. The highest BCUT2D eigenvalue weighted by Crippen LogP contribution is 2.29. The van der Waals surface area contributed by atoms with Crippen LogP contribution in [0.25, 0.3) is 0 Å². The van der Waals surface area contributed by atoms with Gasteiger partial charge in [0, 0.05) is 43.1 Å². The average Bonchev–Trinajstić information content (AvgIpc) is 3.02. The summed E-state index contributed by atoms with van der Waals surface area (Å²) in [5.74, 6) is 0.741. The fourth-order valence-electron chi connectivity index (χ4n) is 4.26. The normalized spacial score (nSPS) is 18.5. The molecule has 1 amide bonds. The Hall–Kier alpha value is -2.57. The molecule has 1 fully saturated rings. The molecule has 0 radical (unpaired) electrons. The number of anilines is 2. The standard InChI is InChI=1S/C25H33N3O3/c1-3-22(29)18-31-23-9-10-24-19(17-23)11-14-28(25(24)30)21-7-5-20(6-8-21)27-13-4-12-26(2)15-16-27/h5-10,17,22,29H,3-4,11-16,18H2,1-2H3/t22-/m0/s1. The average molecular weight is 424 g/mol. The number of hydrogen-bond acceptors (Lipinski definition) is 5. The Balaban J connectivity index is 1.44. The van der Waals surface area contributed by atoms with E-state index in [2.05, 4.69) is 41.1 Å². The maximum atomic E-state index is 13.1. The second-order valence-corrected chi connectivity index (χ2v) is 8.56. The van der Waals surface area contributed by atoms with Gasteiger partial charge < -0.3 is 24.5 Å². The molecule has 1 N–H and O–H groups in total. The Morgan fingerprint density at radius 1 is 1.00 bits per heavy atom. The van der Waals surface area contributed by atoms with Crippen LogP contribution in [0.1, 0.15) is 35.7 Å². The number of hydrogen-bond donors (Lipinski definition) is 1. The largest absolute Gasteiger partial charge is 0.491 e. The molecule has 2 aliphatic heterocycles. The smallest absolute Gasteiger partial charge is 0.258 e. The molecule has 2 heterocycles. The summed E-state index contributed by atoms with van der Waals surface area (Å²) < 4.78 is 5.68. The molecule has 1 atom stereocenters. The van der Waals surface area contributed by atoms with Gasteiger partial charge in [0.2, 0.25) is 0 Å². The summed E-state index contributed by atoms with van der Waals surface area (Å²) in [6, 6.07) is 14.0. The third-order valence-corrected chi connectivity index (χ3v) is 6.32. The van der Waals surface area contributed by atoms with E-state index < -0.39 is 6.10 Å². The molecule has 0 unspecified atom stereocenters. The van der Waals surface area contributed by atoms with Gasteiger partial charge in [0.05, 0.1) is 6.10 Å². The van der Waals surface area contributed by atoms with E-state index in [0.717, 1.165) is 49.4 Å². The number of fused-ring (bicyclic) bond motifs is 1. The SMILES string of the molecule is CC[C@H](O)COc1ccc2c(c1)CCN(c1ccc(N3CCCN(C)CC3)cc1)C2=O. The lowest BCUT2D eigenvalue weighted by Crippen LogP contribution is -2.37. The van der Waals surface area contributed by atoms with Crippen LogP contribution in [0, 0.1) is 0 Å². The van der Waals surface area contributed by atoms with Crippen molar-refractivity contribution in [1.82, 2.24) is 4.90 Å². The first-order valence-corrected chi connectivity index (χ1v) is 11.3. The van der Waals surface area contributed by atoms with Crippen molar-refractivity contribution in [2.24, 2.45) is 0 Å². The van der Waals surface area contributed by atoms with Crippen molar-refractivity contribution < 1.29 is 14.6 Å². The lowest BCUT2D eigenvalue weighted by molar-refractivity contribution is 0.0978. The van der Waals surface area contributed by atoms with E-state index in [9.17, 15) is 9.90 Å². The van der Waals surface area contributed by atoms with Gasteiger partial charge in [0.25, 0.3) is 5.91 Å². The summed E-state index contributed by atoms with van der Waals surface area (Å²) in [7, 11) is 2.18. The van der Waals surface area contributed by atoms with Crippen LogP contribution in [-0.4, -0.2) is 68.4 Å². The van der Waals surface area contributed by atoms with Crippen molar-refractivity contribution in [3.05, 3.63) is 53.6 Å². The topological polar surface area (TPSA) is 56.3 Å². The number of likely N-dealkylation sites (N-methyl/N-ethyl adjacent to an activating group) is 1. The molecule has 0 bridgehead atoms. The predicted octanol–water partition coefficient (Wildman–Crippen LogP) is 3.18. The molecule has 6 nitrogen and oxygen atoms in total. The minimum Gasteiger partial charge on any atom is -0.491 e. The molecule has 0 spiro atoms. The number of carbonyl (C=O) groups is 1. The molecule has 0 saturated carbocycles. The molecule has 2 aromatic carbocycles. The van der Waals surface area contributed by atoms with Gasteiger partial charge in [0.1, 0.15) is 12.4 Å². The highest BCUT2D eigenvalue weighted by Gasteiger charge is 2.26. The predicted molar refractivity (Wildman–Crippen MR) is 124 cm³/mol. The third-order valence-electron chi connectivity index (χ3n) is 6.32. The van der Waals surface area contributed by atoms with Crippen molar-refractivity contribution in [3.8, 4) is 5.75 Å². The van der Waals surface area contributed by atoms with E-state index in [1.807, 2.05) is 30.0 Å². The minimum atomic E-state index is -0.466. The fraction of sp³-hybridized carbons (Fsp3) is 0.480. The fourth-order valence-corrected chi connectivity index (χ4v) is 4.26. The van der Waals surface area contributed by atoms with E-state index in [1.54, 1.807) is 0 Å². The molecule has 2 aliphatic rings. The van der Waals surface area contributed by atoms with Gasteiger partial charge in [-0.2, -0.15) is 0 Å². The Labute approximate surface area is 185 Å². The van der Waals surface area contributed by atoms with Crippen LogP contribution >= 0.6 is 0 Å². The molecule has 1 saturated heterocycles. The lowest BCUT2D eigenvalue weighted by atomic mass is 9.98. The number of carbonyl (C=O) groups excluding carboxylic acids is 1. The number of rotatable bonds is 6. The van der Waals surface area contributed by atoms with Crippen molar-refractivity contribution in [1.29, 1.82) is 0 Å². The molecule has 6 heteroatoms. The number of ether oxygens (including phenoxy) is 1. The summed E-state index contributed by atoms with van der Waals surface area (Å²) in [5, 5.41) is 9.70. The first kappa shape index (κ1) is 21.7. The quantitative estimate of drug-likeness (QED) is 0.773. The summed E-state index contributed by atoms with van der Waals surface area (Å²) in [4.78, 5) is 19.8. The summed E-state index contributed by atoms with van der Waals surface area (Å²) in [6.07, 6.45) is 2.15. The van der Waals surface area contributed by atoms with Crippen LogP contribution in [0.5, 0.6) is 5.75 Å². The molecule has 4 rings (SSSR count). The first-order chi connectivity index (χ1) is 15.0. The van der Waals surface area contributed by atoms with E-state index in [1.165, 1.54) is 12.1 Å². The van der Waals surface area contributed by atoms with Crippen LogP contribution in [0.2, 0.25) is 0 Å².